The molecule has 0 fully saturated rings. The average Bonchev–Trinajstić information content (AvgIpc) is 2.82. The maximum atomic E-state index is 5.34. The van der Waals surface area contributed by atoms with Gasteiger partial charge in [-0.05, 0) is 94.4 Å². The normalized spacial score (nSPS) is 11.5. The Labute approximate surface area is 190 Å². The van der Waals surface area contributed by atoms with Crippen LogP contribution in [0.3, 0.4) is 0 Å². The van der Waals surface area contributed by atoms with Crippen molar-refractivity contribution in [3.8, 4) is 11.5 Å². The molecule has 0 radical (unpaired) electrons. The number of hydrogen-bond donors (Lipinski definition) is 0. The molecule has 0 heterocycles. The first kappa shape index (κ1) is 21.5. The Morgan fingerprint density at radius 3 is 1.28 bits per heavy atom. The highest BCUT2D eigenvalue weighted by Gasteiger charge is 2.03. The highest BCUT2D eigenvalue weighted by molar-refractivity contribution is 5.91. The second-order valence-electron chi connectivity index (χ2n) is 7.94. The molecule has 2 nitrogen and oxygen atoms in total. The Kier molecular flexibility index (Phi) is 6.42. The van der Waals surface area contributed by atoms with E-state index in [9.17, 15) is 0 Å². The van der Waals surface area contributed by atoms with Crippen molar-refractivity contribution in [1.82, 2.24) is 0 Å². The second-order valence-corrected chi connectivity index (χ2v) is 7.94. The summed E-state index contributed by atoms with van der Waals surface area (Å²) in [5.41, 5.74) is 7.10. The molecule has 0 spiro atoms. The predicted octanol–water partition coefficient (Wildman–Crippen LogP) is 7.81. The lowest BCUT2D eigenvalue weighted by molar-refractivity contribution is 0.414. The van der Waals surface area contributed by atoms with Gasteiger partial charge in [-0.15, -0.1) is 0 Å². The number of ether oxygens (including phenoxy) is 2. The van der Waals surface area contributed by atoms with Gasteiger partial charge in [-0.1, -0.05) is 60.7 Å². The van der Waals surface area contributed by atoms with Gasteiger partial charge in [0, 0.05) is 0 Å². The minimum Gasteiger partial charge on any atom is -0.497 e. The third kappa shape index (κ3) is 4.76. The highest BCUT2D eigenvalue weighted by atomic mass is 16.5. The Bertz CT molecular complexity index is 1210. The molecule has 4 aromatic rings. The van der Waals surface area contributed by atoms with Gasteiger partial charge in [0.1, 0.15) is 11.5 Å². The lowest BCUT2D eigenvalue weighted by Gasteiger charge is -2.08. The third-order valence-electron chi connectivity index (χ3n) is 5.79. The fraction of sp³-hybridized carbons (Fsp3) is 0.133. The molecule has 32 heavy (non-hydrogen) atoms. The minimum atomic E-state index is 0.879. The molecule has 0 bridgehead atoms. The van der Waals surface area contributed by atoms with Crippen molar-refractivity contribution < 1.29 is 9.47 Å². The van der Waals surface area contributed by atoms with Crippen molar-refractivity contribution in [2.24, 2.45) is 0 Å². The minimum absolute atomic E-state index is 0.879. The molecular weight excluding hydrogens is 392 g/mol. The van der Waals surface area contributed by atoms with E-state index < -0.39 is 0 Å². The van der Waals surface area contributed by atoms with E-state index in [1.807, 2.05) is 12.1 Å². The third-order valence-corrected chi connectivity index (χ3v) is 5.79. The van der Waals surface area contributed by atoms with Crippen molar-refractivity contribution in [2.75, 3.05) is 14.2 Å². The molecule has 0 saturated heterocycles. The molecule has 0 N–H and O–H groups in total. The standard InChI is InChI=1S/C30H28O2/c1-21-17-29(31-3)15-13-23(21)9-11-27-19-25-7-5-6-8-26(25)20-28(27)12-10-24-14-16-30(32-4)18-22(24)2/h5-20H,1-4H3. The molecule has 0 aliphatic rings. The molecular formula is C30H28O2. The van der Waals surface area contributed by atoms with Crippen LogP contribution in [0.25, 0.3) is 35.1 Å². The van der Waals surface area contributed by atoms with E-state index in [0.29, 0.717) is 0 Å². The van der Waals surface area contributed by atoms with Crippen LogP contribution in [-0.4, -0.2) is 14.2 Å². The first-order valence-corrected chi connectivity index (χ1v) is 10.8. The molecule has 0 saturated carbocycles. The number of fused-ring (bicyclic) bond motifs is 1. The predicted molar refractivity (Wildman–Crippen MR) is 137 cm³/mol. The quantitative estimate of drug-likeness (QED) is 0.296. The molecule has 0 aromatic heterocycles. The van der Waals surface area contributed by atoms with Crippen molar-refractivity contribution >= 4 is 35.1 Å². The van der Waals surface area contributed by atoms with E-state index in [-0.39, 0.29) is 0 Å². The van der Waals surface area contributed by atoms with Crippen LogP contribution in [0.5, 0.6) is 11.5 Å². The van der Waals surface area contributed by atoms with Crippen molar-refractivity contribution in [3.63, 3.8) is 0 Å². The first-order chi connectivity index (χ1) is 15.6. The van der Waals surface area contributed by atoms with Gasteiger partial charge in [-0.2, -0.15) is 0 Å². The van der Waals surface area contributed by atoms with Crippen LogP contribution < -0.4 is 9.47 Å². The maximum Gasteiger partial charge on any atom is 0.119 e. The van der Waals surface area contributed by atoms with E-state index >= 15 is 0 Å². The zero-order chi connectivity index (χ0) is 22.5. The number of methoxy groups -OCH3 is 2. The summed E-state index contributed by atoms with van der Waals surface area (Å²) < 4.78 is 10.7. The molecule has 0 aliphatic heterocycles. The van der Waals surface area contributed by atoms with Gasteiger partial charge in [0.15, 0.2) is 0 Å². The van der Waals surface area contributed by atoms with Crippen molar-refractivity contribution in [1.29, 1.82) is 0 Å². The summed E-state index contributed by atoms with van der Waals surface area (Å²) in [5, 5.41) is 2.47. The van der Waals surface area contributed by atoms with E-state index in [2.05, 4.69) is 98.8 Å². The Morgan fingerprint density at radius 2 is 0.906 bits per heavy atom. The van der Waals surface area contributed by atoms with Crippen LogP contribution in [0.4, 0.5) is 0 Å². The lowest BCUT2D eigenvalue weighted by atomic mass is 9.98. The Balaban J connectivity index is 1.74. The fourth-order valence-corrected chi connectivity index (χ4v) is 3.85. The first-order valence-electron chi connectivity index (χ1n) is 10.8. The number of hydrogen-bond acceptors (Lipinski definition) is 2. The number of aryl methyl sites for hydroxylation is 2. The van der Waals surface area contributed by atoms with Crippen molar-refractivity contribution in [2.45, 2.75) is 13.8 Å². The van der Waals surface area contributed by atoms with Crippen LogP contribution in [0.15, 0.2) is 72.8 Å². The largest absolute Gasteiger partial charge is 0.497 e. The molecule has 2 heteroatoms. The van der Waals surface area contributed by atoms with E-state index in [4.69, 9.17) is 9.47 Å². The summed E-state index contributed by atoms with van der Waals surface area (Å²) in [6.45, 7) is 4.21. The van der Waals surface area contributed by atoms with Gasteiger partial charge in [-0.3, -0.25) is 0 Å². The average molecular weight is 421 g/mol. The summed E-state index contributed by atoms with van der Waals surface area (Å²) in [6.07, 6.45) is 8.74. The Hall–Kier alpha value is -3.78. The highest BCUT2D eigenvalue weighted by Crippen LogP contribution is 2.26. The molecule has 4 rings (SSSR count). The van der Waals surface area contributed by atoms with E-state index in [1.165, 1.54) is 44.2 Å². The monoisotopic (exact) mass is 420 g/mol. The zero-order valence-electron chi connectivity index (χ0n) is 19.1. The summed E-state index contributed by atoms with van der Waals surface area (Å²) in [4.78, 5) is 0. The van der Waals surface area contributed by atoms with E-state index in [0.717, 1.165) is 11.5 Å². The summed E-state index contributed by atoms with van der Waals surface area (Å²) in [6, 6.07) is 25.3. The molecule has 4 aromatic carbocycles. The SMILES string of the molecule is COc1ccc(C=Cc2cc3ccccc3cc2C=Cc2ccc(OC)cc2C)c(C)c1. The summed E-state index contributed by atoms with van der Waals surface area (Å²) in [7, 11) is 3.39. The van der Waals surface area contributed by atoms with Gasteiger partial charge in [0.05, 0.1) is 14.2 Å². The van der Waals surface area contributed by atoms with Gasteiger partial charge in [0.25, 0.3) is 0 Å². The van der Waals surface area contributed by atoms with Crippen LogP contribution in [0.1, 0.15) is 33.4 Å². The maximum absolute atomic E-state index is 5.34. The topological polar surface area (TPSA) is 18.5 Å². The summed E-state index contributed by atoms with van der Waals surface area (Å²) in [5.74, 6) is 1.76. The van der Waals surface area contributed by atoms with Crippen LogP contribution >= 0.6 is 0 Å². The second kappa shape index (κ2) is 9.57. The Morgan fingerprint density at radius 1 is 0.500 bits per heavy atom. The molecule has 0 atom stereocenters. The van der Waals surface area contributed by atoms with E-state index in [1.54, 1.807) is 14.2 Å². The summed E-state index contributed by atoms with van der Waals surface area (Å²) >= 11 is 0. The number of benzene rings is 4. The van der Waals surface area contributed by atoms with Gasteiger partial charge in [-0.25, -0.2) is 0 Å². The molecule has 0 amide bonds. The number of rotatable bonds is 6. The van der Waals surface area contributed by atoms with Gasteiger partial charge in [0.2, 0.25) is 0 Å². The van der Waals surface area contributed by atoms with Crippen LogP contribution in [-0.2, 0) is 0 Å². The van der Waals surface area contributed by atoms with Crippen LogP contribution in [0, 0.1) is 13.8 Å². The molecule has 0 unspecified atom stereocenters. The molecule has 160 valence electrons. The fourth-order valence-electron chi connectivity index (χ4n) is 3.85. The lowest BCUT2D eigenvalue weighted by Crippen LogP contribution is -1.87. The van der Waals surface area contributed by atoms with Gasteiger partial charge < -0.3 is 9.47 Å². The zero-order valence-corrected chi connectivity index (χ0v) is 19.1. The van der Waals surface area contributed by atoms with Crippen LogP contribution in [0.2, 0.25) is 0 Å². The van der Waals surface area contributed by atoms with Crippen molar-refractivity contribution in [3.05, 3.63) is 106 Å². The smallest absolute Gasteiger partial charge is 0.119 e. The van der Waals surface area contributed by atoms with Gasteiger partial charge >= 0.3 is 0 Å². The molecule has 0 aliphatic carbocycles.